The van der Waals surface area contributed by atoms with Gasteiger partial charge in [-0.15, -0.1) is 11.3 Å². The smallest absolute Gasteiger partial charge is 0.187 e. The first-order chi connectivity index (χ1) is 18.4. The van der Waals surface area contributed by atoms with Crippen molar-refractivity contribution in [1.82, 2.24) is 9.97 Å². The Morgan fingerprint density at radius 2 is 1.79 bits per heavy atom. The summed E-state index contributed by atoms with van der Waals surface area (Å²) in [5, 5.41) is 44.1. The fourth-order valence-electron chi connectivity index (χ4n) is 3.38. The number of halogens is 1. The largest absolute Gasteiger partial charge is 0.491 e. The molecule has 4 aromatic rings. The minimum atomic E-state index is -1.00. The molecule has 0 unspecified atom stereocenters. The number of thiazole rings is 1. The number of hydrogen-bond donors (Lipinski definition) is 4. The summed E-state index contributed by atoms with van der Waals surface area (Å²) in [7, 11) is 0. The number of anilines is 3. The molecule has 9 nitrogen and oxygen atoms in total. The zero-order valence-corrected chi connectivity index (χ0v) is 21.4. The van der Waals surface area contributed by atoms with Crippen LogP contribution in [0.3, 0.4) is 0 Å². The second kappa shape index (κ2) is 12.4. The maximum absolute atomic E-state index is 13.1. The van der Waals surface area contributed by atoms with E-state index in [1.807, 2.05) is 11.4 Å². The zero-order valence-electron chi connectivity index (χ0n) is 19.8. The van der Waals surface area contributed by atoms with Gasteiger partial charge in [0.05, 0.1) is 17.9 Å². The van der Waals surface area contributed by atoms with Crippen molar-refractivity contribution in [3.8, 4) is 29.0 Å². The molecule has 0 amide bonds. The van der Waals surface area contributed by atoms with E-state index in [0.29, 0.717) is 38.5 Å². The summed E-state index contributed by atoms with van der Waals surface area (Å²) >= 11 is 2.66. The fraction of sp³-hybridized carbons (Fsp3) is 0.154. The number of aromatic nitrogens is 2. The molecule has 0 radical (unpaired) electrons. The summed E-state index contributed by atoms with van der Waals surface area (Å²) in [5.74, 6) is 0.528. The number of hydrogen-bond acceptors (Lipinski definition) is 11. The van der Waals surface area contributed by atoms with Crippen LogP contribution in [0.2, 0.25) is 0 Å². The predicted molar refractivity (Wildman–Crippen MR) is 143 cm³/mol. The topological polar surface area (TPSA) is 161 Å². The normalized spacial score (nSPS) is 11.4. The average molecular weight is 549 g/mol. The van der Waals surface area contributed by atoms with Gasteiger partial charge in [-0.3, -0.25) is 0 Å². The Bertz CT molecular complexity index is 1500. The Labute approximate surface area is 226 Å². The molecule has 2 heterocycles. The van der Waals surface area contributed by atoms with Crippen LogP contribution in [-0.2, 0) is 5.75 Å². The standard InChI is InChI=1S/C26H21FN6O3S2/c27-16-3-5-17(6-4-16)31-26-32-18(14-38-26)13-37-25-22(10-29)23(21(9-28)24(30)33-25)15-1-7-20(8-2-15)36-12-19(35)11-34/h1-8,14,19,34-35H,11-13H2,(H2,30,33)(H,31,32)/t19-/m0/s1. The van der Waals surface area contributed by atoms with Crippen LogP contribution >= 0.6 is 23.1 Å². The molecule has 4 rings (SSSR count). The van der Waals surface area contributed by atoms with E-state index < -0.39 is 12.7 Å². The number of nitrogens with two attached hydrogens (primary N) is 1. The fourth-order valence-corrected chi connectivity index (χ4v) is 5.11. The first-order valence-corrected chi connectivity index (χ1v) is 13.0. The van der Waals surface area contributed by atoms with E-state index in [0.717, 1.165) is 5.69 Å². The number of nitrogen functional groups attached to an aromatic ring is 1. The number of rotatable bonds is 10. The Balaban J connectivity index is 1.55. The Hall–Kier alpha value is -4.20. The molecule has 192 valence electrons. The van der Waals surface area contributed by atoms with Gasteiger partial charge < -0.3 is 26.0 Å². The highest BCUT2D eigenvalue weighted by atomic mass is 32.2. The predicted octanol–water partition coefficient (Wildman–Crippen LogP) is 4.44. The van der Waals surface area contributed by atoms with Crippen molar-refractivity contribution in [2.45, 2.75) is 16.9 Å². The number of thioether (sulfide) groups is 1. The van der Waals surface area contributed by atoms with Crippen LogP contribution in [0.15, 0.2) is 58.9 Å². The number of ether oxygens (including phenoxy) is 1. The van der Waals surface area contributed by atoms with Crippen LogP contribution in [0.25, 0.3) is 11.1 Å². The van der Waals surface area contributed by atoms with Gasteiger partial charge in [-0.25, -0.2) is 14.4 Å². The van der Waals surface area contributed by atoms with Crippen LogP contribution in [0.5, 0.6) is 5.75 Å². The van der Waals surface area contributed by atoms with E-state index in [1.54, 1.807) is 36.4 Å². The van der Waals surface area contributed by atoms with Gasteiger partial charge in [0.25, 0.3) is 0 Å². The van der Waals surface area contributed by atoms with Gasteiger partial charge in [0.1, 0.15) is 52.8 Å². The lowest BCUT2D eigenvalue weighted by Gasteiger charge is -2.14. The summed E-state index contributed by atoms with van der Waals surface area (Å²) in [4.78, 5) is 8.85. The van der Waals surface area contributed by atoms with Gasteiger partial charge in [-0.2, -0.15) is 10.5 Å². The third-order valence-electron chi connectivity index (χ3n) is 5.22. The summed E-state index contributed by atoms with van der Waals surface area (Å²) in [6, 6.07) is 16.8. The molecule has 38 heavy (non-hydrogen) atoms. The quantitative estimate of drug-likeness (QED) is 0.209. The van der Waals surface area contributed by atoms with Gasteiger partial charge in [0, 0.05) is 22.4 Å². The third-order valence-corrected chi connectivity index (χ3v) is 7.03. The molecule has 5 N–H and O–H groups in total. The van der Waals surface area contributed by atoms with Crippen molar-refractivity contribution in [1.29, 1.82) is 10.5 Å². The van der Waals surface area contributed by atoms with Crippen LogP contribution in [0.1, 0.15) is 16.8 Å². The lowest BCUT2D eigenvalue weighted by atomic mass is 9.97. The molecule has 12 heteroatoms. The van der Waals surface area contributed by atoms with Crippen molar-refractivity contribution in [2.24, 2.45) is 0 Å². The van der Waals surface area contributed by atoms with Crippen molar-refractivity contribution >= 4 is 39.7 Å². The van der Waals surface area contributed by atoms with Crippen LogP contribution in [0, 0.1) is 28.5 Å². The van der Waals surface area contributed by atoms with Crippen molar-refractivity contribution in [3.63, 3.8) is 0 Å². The van der Waals surface area contributed by atoms with Crippen LogP contribution < -0.4 is 15.8 Å². The molecule has 2 aromatic heterocycles. The van der Waals surface area contributed by atoms with E-state index >= 15 is 0 Å². The van der Waals surface area contributed by atoms with Gasteiger partial charge in [0.15, 0.2) is 5.13 Å². The molecule has 0 aliphatic rings. The molecule has 0 spiro atoms. The second-order valence-electron chi connectivity index (χ2n) is 7.89. The third kappa shape index (κ3) is 6.37. The summed E-state index contributed by atoms with van der Waals surface area (Å²) < 4.78 is 18.6. The monoisotopic (exact) mass is 548 g/mol. The van der Waals surface area contributed by atoms with Gasteiger partial charge in [0.2, 0.25) is 0 Å². The summed E-state index contributed by atoms with van der Waals surface area (Å²) in [6.07, 6.45) is -1.00. The van der Waals surface area contributed by atoms with Crippen LogP contribution in [-0.4, -0.2) is 39.5 Å². The zero-order chi connectivity index (χ0) is 27.1. The van der Waals surface area contributed by atoms with Gasteiger partial charge in [-0.05, 0) is 42.0 Å². The SMILES string of the molecule is N#Cc1c(N)nc(SCc2csc(Nc3ccc(F)cc3)n2)c(C#N)c1-c1ccc(OC[C@@H](O)CO)cc1. The maximum atomic E-state index is 13.1. The number of benzene rings is 2. The van der Waals surface area contributed by atoms with E-state index in [4.69, 9.17) is 15.6 Å². The molecule has 0 aliphatic heterocycles. The Morgan fingerprint density at radius 3 is 2.45 bits per heavy atom. The highest BCUT2D eigenvalue weighted by Gasteiger charge is 2.21. The molecule has 1 atom stereocenters. The van der Waals surface area contributed by atoms with Crippen molar-refractivity contribution in [2.75, 3.05) is 24.3 Å². The number of nitriles is 2. The minimum absolute atomic E-state index is 0.00679. The number of pyridine rings is 1. The Kier molecular flexibility index (Phi) is 8.73. The van der Waals surface area contributed by atoms with Crippen molar-refractivity contribution < 1.29 is 19.3 Å². The number of nitrogens with zero attached hydrogens (tertiary/aromatic N) is 4. The lowest BCUT2D eigenvalue weighted by Crippen LogP contribution is -2.21. The number of nitrogens with one attached hydrogen (secondary N) is 1. The highest BCUT2D eigenvalue weighted by Crippen LogP contribution is 2.37. The summed E-state index contributed by atoms with van der Waals surface area (Å²) in [5.41, 5.74) is 8.80. The van der Waals surface area contributed by atoms with E-state index in [9.17, 15) is 20.0 Å². The molecule has 0 aliphatic carbocycles. The maximum Gasteiger partial charge on any atom is 0.187 e. The first-order valence-electron chi connectivity index (χ1n) is 11.2. The molecule has 2 aromatic carbocycles. The highest BCUT2D eigenvalue weighted by molar-refractivity contribution is 7.98. The van der Waals surface area contributed by atoms with E-state index in [-0.39, 0.29) is 29.4 Å². The first kappa shape index (κ1) is 26.9. The molecule has 0 bridgehead atoms. The van der Waals surface area contributed by atoms with Gasteiger partial charge in [-0.1, -0.05) is 23.9 Å². The summed E-state index contributed by atoms with van der Waals surface area (Å²) in [6.45, 7) is -0.498. The molecule has 0 saturated carbocycles. The second-order valence-corrected chi connectivity index (χ2v) is 9.71. The molecule has 0 saturated heterocycles. The van der Waals surface area contributed by atoms with E-state index in [2.05, 4.69) is 21.4 Å². The minimum Gasteiger partial charge on any atom is -0.491 e. The molecular formula is C26H21FN6O3S2. The Morgan fingerprint density at radius 1 is 1.08 bits per heavy atom. The number of aliphatic hydroxyl groups is 2. The van der Waals surface area contributed by atoms with Crippen LogP contribution in [0.4, 0.5) is 21.0 Å². The molecule has 0 fully saturated rings. The van der Waals surface area contributed by atoms with Gasteiger partial charge >= 0.3 is 0 Å². The van der Waals surface area contributed by atoms with E-state index in [1.165, 1.54) is 35.2 Å². The molecular weight excluding hydrogens is 527 g/mol. The average Bonchev–Trinajstić information content (AvgIpc) is 3.38. The number of aliphatic hydroxyl groups excluding tert-OH is 2. The van der Waals surface area contributed by atoms with Crippen molar-refractivity contribution in [3.05, 3.63) is 76.5 Å². The lowest BCUT2D eigenvalue weighted by molar-refractivity contribution is 0.0536.